The van der Waals surface area contributed by atoms with Crippen molar-refractivity contribution in [1.29, 1.82) is 0 Å². The van der Waals surface area contributed by atoms with Gasteiger partial charge in [-0.1, -0.05) is 6.92 Å². The normalized spacial score (nSPS) is 18.8. The van der Waals surface area contributed by atoms with E-state index >= 15 is 0 Å². The fraction of sp³-hybridized carbons (Fsp3) is 0.692. The molecule has 8 heteroatoms. The maximum Gasteiger partial charge on any atom is 0.433 e. The maximum atomic E-state index is 12.8. The molecule has 0 bridgehead atoms. The molecule has 2 heterocycles. The number of nitrogens with two attached hydrogens (primary N) is 1. The fourth-order valence-corrected chi connectivity index (χ4v) is 2.41. The van der Waals surface area contributed by atoms with E-state index in [9.17, 15) is 13.2 Å². The molecule has 1 fully saturated rings. The molecule has 1 saturated heterocycles. The van der Waals surface area contributed by atoms with Crippen LogP contribution in [-0.4, -0.2) is 47.1 Å². The first-order valence-electron chi connectivity index (χ1n) is 7.02. The van der Waals surface area contributed by atoms with Gasteiger partial charge in [0, 0.05) is 38.3 Å². The number of halogens is 3. The van der Waals surface area contributed by atoms with Crippen molar-refractivity contribution >= 4 is 11.8 Å². The number of piperazine rings is 1. The lowest BCUT2D eigenvalue weighted by atomic mass is 10.2. The predicted octanol–water partition coefficient (Wildman–Crippen LogP) is 2.00. The molecule has 0 radical (unpaired) electrons. The van der Waals surface area contributed by atoms with Crippen LogP contribution in [0.3, 0.4) is 0 Å². The number of alkyl halides is 3. The number of nitrogens with zero attached hydrogens (tertiary/aromatic N) is 4. The van der Waals surface area contributed by atoms with Crippen molar-refractivity contribution < 1.29 is 13.2 Å². The third-order valence-corrected chi connectivity index (χ3v) is 3.87. The van der Waals surface area contributed by atoms with Crippen LogP contribution in [0.5, 0.6) is 0 Å². The Morgan fingerprint density at radius 1 is 1.24 bits per heavy atom. The Hall–Kier alpha value is -1.57. The van der Waals surface area contributed by atoms with Crippen LogP contribution < -0.4 is 10.6 Å². The highest BCUT2D eigenvalue weighted by Crippen LogP contribution is 2.30. The average molecular weight is 303 g/mol. The number of hydrogen-bond donors (Lipinski definition) is 1. The Morgan fingerprint density at radius 3 is 2.38 bits per heavy atom. The highest BCUT2D eigenvalue weighted by molar-refractivity contribution is 5.44. The molecule has 1 aliphatic rings. The summed E-state index contributed by atoms with van der Waals surface area (Å²) in [5.41, 5.74) is 4.41. The quantitative estimate of drug-likeness (QED) is 0.925. The molecule has 1 unspecified atom stereocenters. The Kier molecular flexibility index (Phi) is 4.55. The van der Waals surface area contributed by atoms with E-state index in [0.29, 0.717) is 19.1 Å². The minimum Gasteiger partial charge on any atom is -0.368 e. The molecule has 0 aliphatic carbocycles. The van der Waals surface area contributed by atoms with E-state index in [1.54, 1.807) is 0 Å². The predicted molar refractivity (Wildman–Crippen MR) is 75.0 cm³/mol. The van der Waals surface area contributed by atoms with Gasteiger partial charge in [-0.05, 0) is 13.3 Å². The van der Waals surface area contributed by atoms with Gasteiger partial charge in [0.2, 0.25) is 5.95 Å². The van der Waals surface area contributed by atoms with Crippen LogP contribution in [0.25, 0.3) is 0 Å². The van der Waals surface area contributed by atoms with Gasteiger partial charge in [-0.2, -0.15) is 18.2 Å². The van der Waals surface area contributed by atoms with Gasteiger partial charge >= 0.3 is 6.18 Å². The molecular formula is C13H20F3N5. The lowest BCUT2D eigenvalue weighted by molar-refractivity contribution is -0.141. The first kappa shape index (κ1) is 15.8. The Morgan fingerprint density at radius 2 is 1.86 bits per heavy atom. The van der Waals surface area contributed by atoms with Crippen LogP contribution >= 0.6 is 0 Å². The Labute approximate surface area is 122 Å². The second-order valence-corrected chi connectivity index (χ2v) is 5.25. The molecule has 1 atom stereocenters. The molecule has 0 amide bonds. The first-order chi connectivity index (χ1) is 9.81. The molecule has 0 spiro atoms. The minimum atomic E-state index is -4.51. The largest absolute Gasteiger partial charge is 0.433 e. The van der Waals surface area contributed by atoms with Gasteiger partial charge in [0.15, 0.2) is 5.69 Å². The number of rotatable bonds is 3. The highest BCUT2D eigenvalue weighted by atomic mass is 19.4. The van der Waals surface area contributed by atoms with Gasteiger partial charge in [-0.3, -0.25) is 4.90 Å². The van der Waals surface area contributed by atoms with E-state index in [1.807, 2.05) is 4.90 Å². The van der Waals surface area contributed by atoms with Crippen molar-refractivity contribution in [3.05, 3.63) is 11.8 Å². The number of hydrogen-bond acceptors (Lipinski definition) is 5. The third kappa shape index (κ3) is 3.75. The van der Waals surface area contributed by atoms with Crippen molar-refractivity contribution in [2.75, 3.05) is 36.8 Å². The first-order valence-corrected chi connectivity index (χ1v) is 7.02. The zero-order valence-electron chi connectivity index (χ0n) is 12.2. The van der Waals surface area contributed by atoms with E-state index in [1.165, 1.54) is 0 Å². The molecule has 1 aromatic rings. The van der Waals surface area contributed by atoms with Crippen LogP contribution in [0.4, 0.5) is 24.9 Å². The summed E-state index contributed by atoms with van der Waals surface area (Å²) in [5.74, 6) is -0.0946. The fourth-order valence-electron chi connectivity index (χ4n) is 2.41. The van der Waals surface area contributed by atoms with E-state index in [4.69, 9.17) is 5.73 Å². The zero-order chi connectivity index (χ0) is 15.6. The zero-order valence-corrected chi connectivity index (χ0v) is 12.2. The topological polar surface area (TPSA) is 58.3 Å². The summed E-state index contributed by atoms with van der Waals surface area (Å²) in [6, 6.07) is 1.45. The molecule has 21 heavy (non-hydrogen) atoms. The van der Waals surface area contributed by atoms with Crippen LogP contribution in [-0.2, 0) is 6.18 Å². The summed E-state index contributed by atoms with van der Waals surface area (Å²) in [6.45, 7) is 7.16. The van der Waals surface area contributed by atoms with Gasteiger partial charge in [0.05, 0.1) is 0 Å². The van der Waals surface area contributed by atoms with Gasteiger partial charge < -0.3 is 10.6 Å². The second kappa shape index (κ2) is 6.05. The van der Waals surface area contributed by atoms with Gasteiger partial charge in [-0.15, -0.1) is 0 Å². The van der Waals surface area contributed by atoms with E-state index in [-0.39, 0.29) is 11.8 Å². The maximum absolute atomic E-state index is 12.8. The summed E-state index contributed by atoms with van der Waals surface area (Å²) in [5, 5.41) is 0. The van der Waals surface area contributed by atoms with Gasteiger partial charge in [-0.25, -0.2) is 4.98 Å². The molecule has 2 rings (SSSR count). The van der Waals surface area contributed by atoms with Gasteiger partial charge in [0.25, 0.3) is 0 Å². The lowest BCUT2D eigenvalue weighted by Gasteiger charge is -2.38. The summed E-state index contributed by atoms with van der Waals surface area (Å²) in [7, 11) is 0. The van der Waals surface area contributed by atoms with Crippen molar-refractivity contribution in [2.24, 2.45) is 0 Å². The Bertz CT molecular complexity index is 483. The molecular weight excluding hydrogens is 283 g/mol. The number of aromatic nitrogens is 2. The molecule has 5 nitrogen and oxygen atoms in total. The lowest BCUT2D eigenvalue weighted by Crippen LogP contribution is -2.49. The van der Waals surface area contributed by atoms with Crippen molar-refractivity contribution in [3.63, 3.8) is 0 Å². The molecule has 1 aromatic heterocycles. The van der Waals surface area contributed by atoms with Crippen LogP contribution in [0.2, 0.25) is 0 Å². The van der Waals surface area contributed by atoms with Crippen molar-refractivity contribution in [2.45, 2.75) is 32.5 Å². The Balaban J connectivity index is 2.12. The van der Waals surface area contributed by atoms with Crippen molar-refractivity contribution in [3.8, 4) is 0 Å². The van der Waals surface area contributed by atoms with Crippen LogP contribution in [0.1, 0.15) is 26.0 Å². The summed E-state index contributed by atoms with van der Waals surface area (Å²) in [4.78, 5) is 11.3. The monoisotopic (exact) mass is 303 g/mol. The third-order valence-electron chi connectivity index (χ3n) is 3.87. The summed E-state index contributed by atoms with van der Waals surface area (Å²) < 4.78 is 38.3. The summed E-state index contributed by atoms with van der Waals surface area (Å²) >= 11 is 0. The molecule has 118 valence electrons. The van der Waals surface area contributed by atoms with Gasteiger partial charge in [0.1, 0.15) is 5.82 Å². The molecule has 0 saturated carbocycles. The molecule has 2 N–H and O–H groups in total. The average Bonchev–Trinajstić information content (AvgIpc) is 2.45. The SMILES string of the molecule is CCC(C)N1CCN(c2cc(C(F)(F)F)nc(N)n2)CC1. The van der Waals surface area contributed by atoms with E-state index in [2.05, 4.69) is 28.7 Å². The molecule has 1 aliphatic heterocycles. The smallest absolute Gasteiger partial charge is 0.368 e. The molecule has 0 aromatic carbocycles. The standard InChI is InChI=1S/C13H20F3N5/c1-3-9(2)20-4-6-21(7-5-20)11-8-10(13(14,15)16)18-12(17)19-11/h8-9H,3-7H2,1-2H3,(H2,17,18,19). The summed E-state index contributed by atoms with van der Waals surface area (Å²) in [6.07, 6.45) is -3.46. The van der Waals surface area contributed by atoms with Crippen LogP contribution in [0, 0.1) is 0 Å². The van der Waals surface area contributed by atoms with Crippen molar-refractivity contribution in [1.82, 2.24) is 14.9 Å². The number of nitrogen functional groups attached to an aromatic ring is 1. The second-order valence-electron chi connectivity index (χ2n) is 5.25. The van der Waals surface area contributed by atoms with E-state index in [0.717, 1.165) is 25.6 Å². The highest BCUT2D eigenvalue weighted by Gasteiger charge is 2.34. The minimum absolute atomic E-state index is 0.249. The van der Waals surface area contributed by atoms with E-state index < -0.39 is 11.9 Å². The number of anilines is 2. The van der Waals surface area contributed by atoms with Crippen LogP contribution in [0.15, 0.2) is 6.07 Å².